The summed E-state index contributed by atoms with van der Waals surface area (Å²) in [5.41, 5.74) is 2.88. The Hall–Kier alpha value is -3.36. The molecule has 7 nitrogen and oxygen atoms in total. The molecule has 0 heterocycles. The first-order valence-corrected chi connectivity index (χ1v) is 14.7. The first-order valence-electron chi connectivity index (χ1n) is 12.9. The van der Waals surface area contributed by atoms with Crippen LogP contribution in [0.25, 0.3) is 0 Å². The summed E-state index contributed by atoms with van der Waals surface area (Å²) in [5.74, 6) is -0.826. The molecule has 39 heavy (non-hydrogen) atoms. The van der Waals surface area contributed by atoms with E-state index in [2.05, 4.69) is 5.32 Å². The number of carbonyl (C=O) groups is 2. The summed E-state index contributed by atoms with van der Waals surface area (Å²) in [7, 11) is -4.11. The summed E-state index contributed by atoms with van der Waals surface area (Å²) >= 11 is 6.42. The molecule has 0 saturated heterocycles. The Kier molecular flexibility index (Phi) is 10.2. The van der Waals surface area contributed by atoms with Gasteiger partial charge >= 0.3 is 0 Å². The quantitative estimate of drug-likeness (QED) is 0.331. The predicted molar refractivity (Wildman–Crippen MR) is 156 cm³/mol. The molecule has 3 aromatic carbocycles. The van der Waals surface area contributed by atoms with Crippen molar-refractivity contribution in [1.82, 2.24) is 10.2 Å². The van der Waals surface area contributed by atoms with Crippen molar-refractivity contribution < 1.29 is 18.0 Å². The van der Waals surface area contributed by atoms with Gasteiger partial charge in [-0.15, -0.1) is 0 Å². The number of rotatable bonds is 11. The van der Waals surface area contributed by atoms with Crippen molar-refractivity contribution in [3.8, 4) is 0 Å². The van der Waals surface area contributed by atoms with E-state index in [1.165, 1.54) is 17.0 Å². The Balaban J connectivity index is 2.07. The number of hydrogen-bond acceptors (Lipinski definition) is 4. The minimum absolute atomic E-state index is 0.0504. The van der Waals surface area contributed by atoms with Crippen molar-refractivity contribution in [3.63, 3.8) is 0 Å². The molecule has 0 radical (unpaired) electrons. The highest BCUT2D eigenvalue weighted by molar-refractivity contribution is 7.92. The maximum Gasteiger partial charge on any atom is 0.264 e. The number of halogens is 1. The van der Waals surface area contributed by atoms with Crippen LogP contribution < -0.4 is 9.62 Å². The van der Waals surface area contributed by atoms with Gasteiger partial charge in [0.05, 0.1) is 10.6 Å². The largest absolute Gasteiger partial charge is 0.352 e. The van der Waals surface area contributed by atoms with E-state index in [0.717, 1.165) is 15.4 Å². The number of carbonyl (C=O) groups excluding carboxylic acids is 2. The summed E-state index contributed by atoms with van der Waals surface area (Å²) in [4.78, 5) is 28.7. The molecular weight excluding hydrogens is 534 g/mol. The summed E-state index contributed by atoms with van der Waals surface area (Å²) in [6.45, 7) is 8.84. The lowest BCUT2D eigenvalue weighted by molar-refractivity contribution is -0.140. The molecule has 3 rings (SSSR count). The molecule has 1 atom stereocenters. The SMILES string of the molecule is CC[C@H](C(=O)NC(C)C)N(Cc1ccccc1Cl)C(=O)CN(c1ccc(C)cc1)S(=O)(=O)c1ccc(C)cc1. The predicted octanol–water partition coefficient (Wildman–Crippen LogP) is 5.48. The Labute approximate surface area is 236 Å². The van der Waals surface area contributed by atoms with Crippen LogP contribution in [-0.2, 0) is 26.2 Å². The van der Waals surface area contributed by atoms with Gasteiger partial charge in [-0.3, -0.25) is 13.9 Å². The van der Waals surface area contributed by atoms with E-state index in [1.807, 2.05) is 34.6 Å². The number of benzene rings is 3. The molecule has 0 aromatic heterocycles. The highest BCUT2D eigenvalue weighted by Gasteiger charge is 2.34. The van der Waals surface area contributed by atoms with Gasteiger partial charge in [0.1, 0.15) is 12.6 Å². The minimum Gasteiger partial charge on any atom is -0.352 e. The fourth-order valence-electron chi connectivity index (χ4n) is 4.19. The van der Waals surface area contributed by atoms with Crippen LogP contribution in [0, 0.1) is 13.8 Å². The fourth-order valence-corrected chi connectivity index (χ4v) is 5.80. The number of anilines is 1. The van der Waals surface area contributed by atoms with Crippen LogP contribution in [0.4, 0.5) is 5.69 Å². The van der Waals surface area contributed by atoms with E-state index < -0.39 is 28.5 Å². The van der Waals surface area contributed by atoms with Gasteiger partial charge in [0.15, 0.2) is 0 Å². The molecule has 0 bridgehead atoms. The first-order chi connectivity index (χ1) is 18.4. The topological polar surface area (TPSA) is 86.8 Å². The minimum atomic E-state index is -4.11. The smallest absolute Gasteiger partial charge is 0.264 e. The second-order valence-corrected chi connectivity index (χ2v) is 12.1. The Morgan fingerprint density at radius 2 is 1.46 bits per heavy atom. The zero-order chi connectivity index (χ0) is 28.7. The maximum atomic E-state index is 14.0. The molecule has 0 unspecified atom stereocenters. The molecule has 2 amide bonds. The average molecular weight is 570 g/mol. The molecule has 0 aliphatic rings. The normalized spacial score (nSPS) is 12.2. The Morgan fingerprint density at radius 1 is 0.897 bits per heavy atom. The van der Waals surface area contributed by atoms with Gasteiger partial charge in [-0.05, 0) is 70.0 Å². The zero-order valence-electron chi connectivity index (χ0n) is 23.0. The lowest BCUT2D eigenvalue weighted by Gasteiger charge is -2.33. The summed E-state index contributed by atoms with van der Waals surface area (Å²) < 4.78 is 28.8. The lowest BCUT2D eigenvalue weighted by Crippen LogP contribution is -2.53. The van der Waals surface area contributed by atoms with Gasteiger partial charge in [-0.25, -0.2) is 8.42 Å². The summed E-state index contributed by atoms with van der Waals surface area (Å²) in [6, 6.07) is 19.6. The van der Waals surface area contributed by atoms with Gasteiger partial charge < -0.3 is 10.2 Å². The van der Waals surface area contributed by atoms with E-state index in [9.17, 15) is 18.0 Å². The van der Waals surface area contributed by atoms with Crippen LogP contribution in [0.3, 0.4) is 0 Å². The van der Waals surface area contributed by atoms with E-state index in [1.54, 1.807) is 60.7 Å². The number of amides is 2. The molecule has 208 valence electrons. The molecule has 0 saturated carbocycles. The molecule has 3 aromatic rings. The third-order valence-corrected chi connectivity index (χ3v) is 8.48. The molecule has 9 heteroatoms. The monoisotopic (exact) mass is 569 g/mol. The van der Waals surface area contributed by atoms with E-state index >= 15 is 0 Å². The number of nitrogens with one attached hydrogen (secondary N) is 1. The lowest BCUT2D eigenvalue weighted by atomic mass is 10.1. The van der Waals surface area contributed by atoms with Crippen LogP contribution in [-0.4, -0.2) is 43.8 Å². The third-order valence-electron chi connectivity index (χ3n) is 6.33. The van der Waals surface area contributed by atoms with Crippen LogP contribution in [0.2, 0.25) is 5.02 Å². The summed E-state index contributed by atoms with van der Waals surface area (Å²) in [5, 5.41) is 3.34. The highest BCUT2D eigenvalue weighted by atomic mass is 35.5. The van der Waals surface area contributed by atoms with Gasteiger partial charge in [0.25, 0.3) is 10.0 Å². The Morgan fingerprint density at radius 3 is 2.00 bits per heavy atom. The standard InChI is InChI=1S/C30H36ClN3O4S/c1-6-28(30(36)32-21(2)3)33(19-24-9-7-8-10-27(24)31)29(35)20-34(25-15-11-22(4)12-16-25)39(37,38)26-17-13-23(5)14-18-26/h7-18,21,28H,6,19-20H2,1-5H3,(H,32,36)/t28-/m1/s1. The van der Waals surface area contributed by atoms with E-state index in [4.69, 9.17) is 11.6 Å². The molecule has 0 aliphatic carbocycles. The van der Waals surface area contributed by atoms with E-state index in [-0.39, 0.29) is 23.4 Å². The Bertz CT molecular complexity index is 1390. The second-order valence-electron chi connectivity index (χ2n) is 9.86. The van der Waals surface area contributed by atoms with Crippen molar-refractivity contribution in [2.45, 2.75) is 64.6 Å². The van der Waals surface area contributed by atoms with Crippen LogP contribution in [0.15, 0.2) is 77.7 Å². The zero-order valence-corrected chi connectivity index (χ0v) is 24.6. The van der Waals surface area contributed by atoms with Crippen molar-refractivity contribution in [2.24, 2.45) is 0 Å². The molecule has 0 fully saturated rings. The van der Waals surface area contributed by atoms with Crippen LogP contribution >= 0.6 is 11.6 Å². The van der Waals surface area contributed by atoms with Gasteiger partial charge in [-0.2, -0.15) is 0 Å². The molecular formula is C30H36ClN3O4S. The number of nitrogens with zero attached hydrogens (tertiary/aromatic N) is 2. The molecule has 1 N–H and O–H groups in total. The summed E-state index contributed by atoms with van der Waals surface area (Å²) in [6.07, 6.45) is 0.337. The average Bonchev–Trinajstić information content (AvgIpc) is 2.88. The molecule has 0 spiro atoms. The van der Waals surface area contributed by atoms with Crippen LogP contribution in [0.5, 0.6) is 0 Å². The number of sulfonamides is 1. The highest BCUT2D eigenvalue weighted by Crippen LogP contribution is 2.26. The fraction of sp³-hybridized carbons (Fsp3) is 0.333. The second kappa shape index (κ2) is 13.1. The van der Waals surface area contributed by atoms with E-state index in [0.29, 0.717) is 22.7 Å². The van der Waals surface area contributed by atoms with Gasteiger partial charge in [0, 0.05) is 17.6 Å². The van der Waals surface area contributed by atoms with Gasteiger partial charge in [0.2, 0.25) is 11.8 Å². The first kappa shape index (κ1) is 30.2. The molecule has 0 aliphatic heterocycles. The maximum absolute atomic E-state index is 14.0. The van der Waals surface area contributed by atoms with Gasteiger partial charge in [-0.1, -0.05) is 72.1 Å². The van der Waals surface area contributed by atoms with Crippen molar-refractivity contribution in [2.75, 3.05) is 10.8 Å². The van der Waals surface area contributed by atoms with Crippen LogP contribution in [0.1, 0.15) is 43.9 Å². The number of hydrogen-bond donors (Lipinski definition) is 1. The number of aryl methyl sites for hydroxylation is 2. The third kappa shape index (κ3) is 7.61. The van der Waals surface area contributed by atoms with Crippen molar-refractivity contribution in [3.05, 3.63) is 94.5 Å². The van der Waals surface area contributed by atoms with Crippen molar-refractivity contribution in [1.29, 1.82) is 0 Å². The van der Waals surface area contributed by atoms with Crippen molar-refractivity contribution >= 4 is 39.1 Å².